The number of nitrogens with one attached hydrogen (secondary N) is 2. The Kier molecular flexibility index (Phi) is 4.24. The molecule has 0 amide bonds. The molecule has 21 heavy (non-hydrogen) atoms. The molecular weight excluding hydrogens is 288 g/mol. The normalized spacial score (nSPS) is 17.4. The lowest BCUT2D eigenvalue weighted by atomic mass is 10.1. The lowest BCUT2D eigenvalue weighted by Crippen LogP contribution is -2.41. The second kappa shape index (κ2) is 6.13. The molecule has 1 fully saturated rings. The Labute approximate surface area is 128 Å². The zero-order valence-corrected chi connectivity index (χ0v) is 12.8. The minimum atomic E-state index is -0.123. The second-order valence-corrected chi connectivity index (χ2v) is 5.95. The molecule has 1 aromatic heterocycles. The highest BCUT2D eigenvalue weighted by molar-refractivity contribution is 6.31. The van der Waals surface area contributed by atoms with Gasteiger partial charge < -0.3 is 10.3 Å². The third-order valence-electron chi connectivity index (χ3n) is 4.09. The van der Waals surface area contributed by atoms with E-state index in [0.717, 1.165) is 31.8 Å². The van der Waals surface area contributed by atoms with Crippen molar-refractivity contribution >= 4 is 22.5 Å². The second-order valence-electron chi connectivity index (χ2n) is 5.51. The van der Waals surface area contributed by atoms with Crippen molar-refractivity contribution in [3.63, 3.8) is 0 Å². The maximum atomic E-state index is 12.1. The van der Waals surface area contributed by atoms with Crippen molar-refractivity contribution in [3.05, 3.63) is 39.4 Å². The van der Waals surface area contributed by atoms with Crippen molar-refractivity contribution < 1.29 is 0 Å². The Morgan fingerprint density at radius 3 is 2.90 bits per heavy atom. The fourth-order valence-corrected chi connectivity index (χ4v) is 3.00. The molecule has 0 unspecified atom stereocenters. The molecule has 1 aromatic carbocycles. The summed E-state index contributed by atoms with van der Waals surface area (Å²) in [5, 5.41) is 4.41. The van der Waals surface area contributed by atoms with Crippen LogP contribution in [-0.2, 0) is 6.54 Å². The van der Waals surface area contributed by atoms with E-state index in [0.29, 0.717) is 28.5 Å². The Hall–Kier alpha value is -1.43. The third kappa shape index (κ3) is 3.26. The van der Waals surface area contributed by atoms with E-state index in [2.05, 4.69) is 20.2 Å². The largest absolute Gasteiger partial charge is 0.317 e. The fourth-order valence-electron chi connectivity index (χ4n) is 2.83. The van der Waals surface area contributed by atoms with Gasteiger partial charge in [-0.25, -0.2) is 4.98 Å². The molecule has 3 rings (SSSR count). The van der Waals surface area contributed by atoms with Gasteiger partial charge in [0.2, 0.25) is 0 Å². The van der Waals surface area contributed by atoms with Gasteiger partial charge in [0.05, 0.1) is 17.4 Å². The van der Waals surface area contributed by atoms with Crippen LogP contribution in [0.2, 0.25) is 5.02 Å². The molecule has 0 radical (unpaired) electrons. The van der Waals surface area contributed by atoms with Crippen molar-refractivity contribution in [3.8, 4) is 0 Å². The van der Waals surface area contributed by atoms with E-state index in [1.165, 1.54) is 0 Å². The maximum absolute atomic E-state index is 12.1. The van der Waals surface area contributed by atoms with Crippen molar-refractivity contribution in [2.45, 2.75) is 25.4 Å². The van der Waals surface area contributed by atoms with E-state index in [4.69, 9.17) is 11.6 Å². The smallest absolute Gasteiger partial charge is 0.258 e. The van der Waals surface area contributed by atoms with E-state index in [-0.39, 0.29) is 5.56 Å². The van der Waals surface area contributed by atoms with Gasteiger partial charge in [-0.15, -0.1) is 0 Å². The Morgan fingerprint density at radius 2 is 2.19 bits per heavy atom. The first kappa shape index (κ1) is 14.5. The summed E-state index contributed by atoms with van der Waals surface area (Å²) in [4.78, 5) is 21.8. The molecule has 112 valence electrons. The number of aromatic amines is 1. The van der Waals surface area contributed by atoms with E-state index in [9.17, 15) is 4.79 Å². The van der Waals surface area contributed by atoms with Gasteiger partial charge in [0, 0.05) is 24.2 Å². The first-order valence-electron chi connectivity index (χ1n) is 7.24. The Balaban J connectivity index is 1.79. The quantitative estimate of drug-likeness (QED) is 0.907. The molecule has 2 N–H and O–H groups in total. The summed E-state index contributed by atoms with van der Waals surface area (Å²) in [7, 11) is 2.01. The number of H-pyrrole nitrogens is 1. The third-order valence-corrected chi connectivity index (χ3v) is 4.32. The predicted molar refractivity (Wildman–Crippen MR) is 84.7 cm³/mol. The van der Waals surface area contributed by atoms with E-state index in [1.54, 1.807) is 18.2 Å². The van der Waals surface area contributed by atoms with Gasteiger partial charge >= 0.3 is 0 Å². The van der Waals surface area contributed by atoms with Gasteiger partial charge in [-0.05, 0) is 38.1 Å². The molecule has 1 aliphatic rings. The van der Waals surface area contributed by atoms with E-state index in [1.807, 2.05) is 7.05 Å². The fraction of sp³-hybridized carbons (Fsp3) is 0.467. The molecule has 2 aromatic rings. The van der Waals surface area contributed by atoms with Crippen molar-refractivity contribution in [2.75, 3.05) is 20.1 Å². The Bertz CT molecular complexity index is 692. The van der Waals surface area contributed by atoms with Gasteiger partial charge in [-0.2, -0.15) is 0 Å². The molecule has 5 nitrogen and oxygen atoms in total. The summed E-state index contributed by atoms with van der Waals surface area (Å²) >= 11 is 5.92. The lowest BCUT2D eigenvalue weighted by Gasteiger charge is -2.31. The van der Waals surface area contributed by atoms with Crippen LogP contribution in [0.5, 0.6) is 0 Å². The van der Waals surface area contributed by atoms with E-state index >= 15 is 0 Å². The lowest BCUT2D eigenvalue weighted by molar-refractivity contribution is 0.190. The summed E-state index contributed by atoms with van der Waals surface area (Å²) < 4.78 is 0. The van der Waals surface area contributed by atoms with Gasteiger partial charge in [0.15, 0.2) is 0 Å². The highest BCUT2D eigenvalue weighted by Gasteiger charge is 2.18. The molecule has 1 aliphatic heterocycles. The monoisotopic (exact) mass is 306 g/mol. The van der Waals surface area contributed by atoms with Crippen molar-refractivity contribution in [2.24, 2.45) is 0 Å². The summed E-state index contributed by atoms with van der Waals surface area (Å²) in [6.07, 6.45) is 2.26. The number of hydrogen-bond acceptors (Lipinski definition) is 4. The van der Waals surface area contributed by atoms with Crippen LogP contribution >= 0.6 is 11.6 Å². The molecule has 6 heteroatoms. The zero-order valence-electron chi connectivity index (χ0n) is 12.0. The zero-order chi connectivity index (χ0) is 14.8. The minimum absolute atomic E-state index is 0.123. The van der Waals surface area contributed by atoms with Crippen LogP contribution < -0.4 is 10.9 Å². The summed E-state index contributed by atoms with van der Waals surface area (Å²) in [5.74, 6) is 0.720. The summed E-state index contributed by atoms with van der Waals surface area (Å²) in [6, 6.07) is 5.82. The SMILES string of the molecule is CNC1CCN(Cc2nc3ccc(Cl)cc3c(=O)[nH]2)CC1. The van der Waals surface area contributed by atoms with Gasteiger partial charge in [0.1, 0.15) is 5.82 Å². The summed E-state index contributed by atoms with van der Waals surface area (Å²) in [6.45, 7) is 2.73. The summed E-state index contributed by atoms with van der Waals surface area (Å²) in [5.41, 5.74) is 0.575. The van der Waals surface area contributed by atoms with Crippen LogP contribution in [0.15, 0.2) is 23.0 Å². The molecule has 0 bridgehead atoms. The van der Waals surface area contributed by atoms with Crippen LogP contribution in [0.4, 0.5) is 0 Å². The van der Waals surface area contributed by atoms with Gasteiger partial charge in [-0.3, -0.25) is 9.69 Å². The first-order chi connectivity index (χ1) is 10.2. The number of nitrogens with zero attached hydrogens (tertiary/aromatic N) is 2. The number of rotatable bonds is 3. The Morgan fingerprint density at radius 1 is 1.43 bits per heavy atom. The molecule has 0 spiro atoms. The minimum Gasteiger partial charge on any atom is -0.317 e. The van der Waals surface area contributed by atoms with Crippen molar-refractivity contribution in [1.82, 2.24) is 20.2 Å². The predicted octanol–water partition coefficient (Wildman–Crippen LogP) is 1.76. The average Bonchev–Trinajstić information content (AvgIpc) is 2.49. The number of hydrogen-bond donors (Lipinski definition) is 2. The van der Waals surface area contributed by atoms with Gasteiger partial charge in [-0.1, -0.05) is 11.6 Å². The first-order valence-corrected chi connectivity index (χ1v) is 7.61. The average molecular weight is 307 g/mol. The van der Waals surface area contributed by atoms with Crippen LogP contribution in [0.25, 0.3) is 10.9 Å². The van der Waals surface area contributed by atoms with Crippen LogP contribution in [0.3, 0.4) is 0 Å². The number of fused-ring (bicyclic) bond motifs is 1. The highest BCUT2D eigenvalue weighted by Crippen LogP contribution is 2.16. The molecule has 0 aliphatic carbocycles. The molecule has 2 heterocycles. The number of halogens is 1. The van der Waals surface area contributed by atoms with Crippen LogP contribution in [-0.4, -0.2) is 41.0 Å². The van der Waals surface area contributed by atoms with Crippen LogP contribution in [0, 0.1) is 0 Å². The standard InChI is InChI=1S/C15H19ClN4O/c1-17-11-4-6-20(7-5-11)9-14-18-13-3-2-10(16)8-12(13)15(21)19-14/h2-3,8,11,17H,4-7,9H2,1H3,(H,18,19,21). The molecule has 0 saturated carbocycles. The van der Waals surface area contributed by atoms with E-state index < -0.39 is 0 Å². The van der Waals surface area contributed by atoms with Crippen molar-refractivity contribution in [1.29, 1.82) is 0 Å². The highest BCUT2D eigenvalue weighted by atomic mass is 35.5. The molecular formula is C15H19ClN4O. The molecule has 0 atom stereocenters. The molecule has 1 saturated heterocycles. The van der Waals surface area contributed by atoms with Crippen LogP contribution in [0.1, 0.15) is 18.7 Å². The number of benzene rings is 1. The number of piperidine rings is 1. The number of likely N-dealkylation sites (tertiary alicyclic amines) is 1. The topological polar surface area (TPSA) is 61.0 Å². The maximum Gasteiger partial charge on any atom is 0.258 e. The number of aromatic nitrogens is 2. The van der Waals surface area contributed by atoms with Gasteiger partial charge in [0.25, 0.3) is 5.56 Å².